The van der Waals surface area contributed by atoms with Crippen LogP contribution in [0.2, 0.25) is 0 Å². The molecule has 2 atom stereocenters. The third-order valence-electron chi connectivity index (χ3n) is 5.01. The van der Waals surface area contributed by atoms with Crippen molar-refractivity contribution in [3.05, 3.63) is 35.7 Å². The molecule has 2 aliphatic heterocycles. The van der Waals surface area contributed by atoms with E-state index in [2.05, 4.69) is 10.1 Å². The van der Waals surface area contributed by atoms with Crippen LogP contribution in [0, 0.1) is 6.92 Å². The van der Waals surface area contributed by atoms with Crippen LogP contribution in [0.3, 0.4) is 0 Å². The molecule has 0 radical (unpaired) electrons. The van der Waals surface area contributed by atoms with Gasteiger partial charge in [0.05, 0.1) is 0 Å². The van der Waals surface area contributed by atoms with Gasteiger partial charge in [0.2, 0.25) is 23.5 Å². The van der Waals surface area contributed by atoms with Crippen molar-refractivity contribution in [1.82, 2.24) is 19.9 Å². The molecule has 1 aromatic carbocycles. The molecule has 0 spiro atoms. The highest BCUT2D eigenvalue weighted by atomic mass is 16.5. The molecule has 3 heterocycles. The van der Waals surface area contributed by atoms with E-state index in [0.717, 1.165) is 24.0 Å². The largest absolute Gasteiger partial charge is 0.337 e. The highest BCUT2D eigenvalue weighted by Crippen LogP contribution is 2.28. The molecule has 2 fully saturated rings. The van der Waals surface area contributed by atoms with Gasteiger partial charge in [-0.15, -0.1) is 0 Å². The Morgan fingerprint density at radius 2 is 1.96 bits per heavy atom. The summed E-state index contributed by atoms with van der Waals surface area (Å²) in [4.78, 5) is 32.8. The topological polar surface area (TPSA) is 79.5 Å². The van der Waals surface area contributed by atoms with Gasteiger partial charge in [-0.1, -0.05) is 35.0 Å². The van der Waals surface area contributed by atoms with Crippen molar-refractivity contribution < 1.29 is 14.1 Å². The Kier molecular flexibility index (Phi) is 3.78. The smallest absolute Gasteiger partial charge is 0.246 e. The molecule has 0 saturated carbocycles. The maximum absolute atomic E-state index is 12.7. The zero-order chi connectivity index (χ0) is 17.6. The molecule has 0 N–H and O–H groups in total. The Morgan fingerprint density at radius 3 is 2.72 bits per heavy atom. The average Bonchev–Trinajstić information content (AvgIpc) is 3.27. The number of piperazine rings is 1. The number of carbonyl (C=O) groups excluding carboxylic acids is 2. The Hall–Kier alpha value is -2.70. The van der Waals surface area contributed by atoms with Crippen LogP contribution in [0.15, 0.2) is 28.8 Å². The summed E-state index contributed by atoms with van der Waals surface area (Å²) in [7, 11) is 0. The van der Waals surface area contributed by atoms with Gasteiger partial charge in [0.25, 0.3) is 0 Å². The minimum atomic E-state index is -0.503. The molecule has 0 bridgehead atoms. The second-order valence-electron chi connectivity index (χ2n) is 6.71. The molecule has 7 nitrogen and oxygen atoms in total. The minimum Gasteiger partial charge on any atom is -0.337 e. The summed E-state index contributed by atoms with van der Waals surface area (Å²) in [5, 5.41) is 4.00. The van der Waals surface area contributed by atoms with Crippen LogP contribution in [0.25, 0.3) is 11.4 Å². The lowest BCUT2D eigenvalue weighted by molar-refractivity contribution is -0.159. The summed E-state index contributed by atoms with van der Waals surface area (Å²) in [5.41, 5.74) is 2.01. The SMILES string of the molecule is Cc1ccc(-c2noc(CN3C(=O)[C@H]4CCCN4C(=O)[C@@H]3C)n2)cc1. The highest BCUT2D eigenvalue weighted by Gasteiger charge is 2.46. The monoisotopic (exact) mass is 340 g/mol. The van der Waals surface area contributed by atoms with E-state index in [1.54, 1.807) is 16.7 Å². The average molecular weight is 340 g/mol. The fourth-order valence-corrected chi connectivity index (χ4v) is 3.54. The molecule has 130 valence electrons. The zero-order valence-corrected chi connectivity index (χ0v) is 14.3. The van der Waals surface area contributed by atoms with Gasteiger partial charge in [0.1, 0.15) is 18.6 Å². The molecule has 2 aromatic rings. The number of nitrogens with zero attached hydrogens (tertiary/aromatic N) is 4. The first-order valence-corrected chi connectivity index (χ1v) is 8.55. The molecule has 2 aliphatic rings. The summed E-state index contributed by atoms with van der Waals surface area (Å²) in [6.07, 6.45) is 1.60. The van der Waals surface area contributed by atoms with Gasteiger partial charge in [0.15, 0.2) is 0 Å². The van der Waals surface area contributed by atoms with Crippen molar-refractivity contribution in [3.8, 4) is 11.4 Å². The second kappa shape index (κ2) is 5.98. The van der Waals surface area contributed by atoms with Gasteiger partial charge in [0, 0.05) is 12.1 Å². The predicted octanol–water partition coefficient (Wildman–Crippen LogP) is 1.77. The molecular weight excluding hydrogens is 320 g/mol. The molecule has 0 unspecified atom stereocenters. The second-order valence-corrected chi connectivity index (χ2v) is 6.71. The zero-order valence-electron chi connectivity index (χ0n) is 14.3. The Labute approximate surface area is 145 Å². The first kappa shape index (κ1) is 15.8. The van der Waals surface area contributed by atoms with Gasteiger partial charge in [-0.25, -0.2) is 0 Å². The number of benzene rings is 1. The number of hydrogen-bond acceptors (Lipinski definition) is 5. The number of hydrogen-bond donors (Lipinski definition) is 0. The van der Waals surface area contributed by atoms with E-state index < -0.39 is 6.04 Å². The van der Waals surface area contributed by atoms with Crippen molar-refractivity contribution in [1.29, 1.82) is 0 Å². The third-order valence-corrected chi connectivity index (χ3v) is 5.01. The molecule has 2 amide bonds. The van der Waals surface area contributed by atoms with Gasteiger partial charge in [-0.3, -0.25) is 9.59 Å². The Balaban J connectivity index is 1.54. The molecule has 25 heavy (non-hydrogen) atoms. The van der Waals surface area contributed by atoms with Crippen LogP contribution < -0.4 is 0 Å². The van der Waals surface area contributed by atoms with Gasteiger partial charge >= 0.3 is 0 Å². The molecule has 4 rings (SSSR count). The normalized spacial score (nSPS) is 23.3. The fourth-order valence-electron chi connectivity index (χ4n) is 3.54. The highest BCUT2D eigenvalue weighted by molar-refractivity contribution is 5.97. The van der Waals surface area contributed by atoms with E-state index in [0.29, 0.717) is 18.3 Å². The number of aromatic nitrogens is 2. The van der Waals surface area contributed by atoms with E-state index in [1.165, 1.54) is 0 Å². The number of fused-ring (bicyclic) bond motifs is 1. The van der Waals surface area contributed by atoms with Gasteiger partial charge in [-0.2, -0.15) is 4.98 Å². The lowest BCUT2D eigenvalue weighted by atomic mass is 10.1. The van der Waals surface area contributed by atoms with Gasteiger partial charge in [-0.05, 0) is 26.7 Å². The molecule has 7 heteroatoms. The first-order chi connectivity index (χ1) is 12.0. The molecule has 0 aliphatic carbocycles. The van der Waals surface area contributed by atoms with Gasteiger partial charge < -0.3 is 14.3 Å². The summed E-state index contributed by atoms with van der Waals surface area (Å²) in [6.45, 7) is 4.60. The fraction of sp³-hybridized carbons (Fsp3) is 0.444. The van der Waals surface area contributed by atoms with Crippen LogP contribution >= 0.6 is 0 Å². The van der Waals surface area contributed by atoms with E-state index >= 15 is 0 Å². The van der Waals surface area contributed by atoms with E-state index in [-0.39, 0.29) is 24.4 Å². The van der Waals surface area contributed by atoms with E-state index in [1.807, 2.05) is 31.2 Å². The van der Waals surface area contributed by atoms with Crippen LogP contribution in [0.1, 0.15) is 31.2 Å². The first-order valence-electron chi connectivity index (χ1n) is 8.55. The quantitative estimate of drug-likeness (QED) is 0.851. The van der Waals surface area contributed by atoms with E-state index in [4.69, 9.17) is 4.52 Å². The summed E-state index contributed by atoms with van der Waals surface area (Å²) >= 11 is 0. The summed E-state index contributed by atoms with van der Waals surface area (Å²) < 4.78 is 5.32. The maximum atomic E-state index is 12.7. The number of rotatable bonds is 3. The van der Waals surface area contributed by atoms with Crippen molar-refractivity contribution in [2.24, 2.45) is 0 Å². The maximum Gasteiger partial charge on any atom is 0.246 e. The molecule has 2 saturated heterocycles. The van der Waals surface area contributed by atoms with Crippen LogP contribution in [0.5, 0.6) is 0 Å². The summed E-state index contributed by atoms with van der Waals surface area (Å²) in [5.74, 6) is 0.802. The van der Waals surface area contributed by atoms with Crippen LogP contribution in [-0.2, 0) is 16.1 Å². The standard InChI is InChI=1S/C18H20N4O3/c1-11-5-7-13(8-6-11)16-19-15(25-20-16)10-22-12(2)17(23)21-9-3-4-14(21)18(22)24/h5-8,12,14H,3-4,9-10H2,1-2H3/t12-,14+/m0/s1. The van der Waals surface area contributed by atoms with Crippen molar-refractivity contribution >= 4 is 11.8 Å². The molecule has 1 aromatic heterocycles. The molecular formula is C18H20N4O3. The van der Waals surface area contributed by atoms with Crippen molar-refractivity contribution in [2.75, 3.05) is 6.54 Å². The Morgan fingerprint density at radius 1 is 1.20 bits per heavy atom. The van der Waals surface area contributed by atoms with Crippen LogP contribution in [0.4, 0.5) is 0 Å². The number of carbonyl (C=O) groups is 2. The third kappa shape index (κ3) is 2.69. The lowest BCUT2D eigenvalue weighted by Gasteiger charge is -2.40. The van der Waals surface area contributed by atoms with E-state index in [9.17, 15) is 9.59 Å². The van der Waals surface area contributed by atoms with Crippen molar-refractivity contribution in [3.63, 3.8) is 0 Å². The number of amides is 2. The predicted molar refractivity (Wildman–Crippen MR) is 89.2 cm³/mol. The van der Waals surface area contributed by atoms with Crippen molar-refractivity contribution in [2.45, 2.75) is 45.3 Å². The van der Waals surface area contributed by atoms with Crippen LogP contribution in [-0.4, -0.2) is 50.4 Å². The lowest BCUT2D eigenvalue weighted by Crippen LogP contribution is -2.61. The minimum absolute atomic E-state index is 0.000346. The number of aryl methyl sites for hydroxylation is 1. The Bertz CT molecular complexity index is 814. The summed E-state index contributed by atoms with van der Waals surface area (Å²) in [6, 6.07) is 6.99.